The van der Waals surface area contributed by atoms with Crippen molar-refractivity contribution in [2.24, 2.45) is 4.99 Å². The molecule has 22 heavy (non-hydrogen) atoms. The van der Waals surface area contributed by atoms with Crippen LogP contribution in [0.2, 0.25) is 0 Å². The van der Waals surface area contributed by atoms with Crippen LogP contribution >= 0.6 is 24.0 Å². The maximum atomic E-state index is 12.0. The molecule has 0 bridgehead atoms. The molecule has 0 spiro atoms. The standard InChI is InChI=1S/C12H16F3N5O.HI/c1-16-11(18-6-4-12(13,14)15)19-8-10(21)20-9-3-2-5-17-7-9;/h2-3,5,7H,4,6,8H2,1H3,(H,20,21)(H2,16,18,19);1H. The van der Waals surface area contributed by atoms with Gasteiger partial charge in [0.05, 0.1) is 24.8 Å². The van der Waals surface area contributed by atoms with Gasteiger partial charge in [0.15, 0.2) is 5.96 Å². The summed E-state index contributed by atoms with van der Waals surface area (Å²) in [5, 5.41) is 7.66. The molecule has 0 saturated carbocycles. The lowest BCUT2D eigenvalue weighted by atomic mass is 10.4. The minimum Gasteiger partial charge on any atom is -0.356 e. The number of alkyl halides is 3. The molecule has 1 aromatic heterocycles. The van der Waals surface area contributed by atoms with Gasteiger partial charge < -0.3 is 16.0 Å². The van der Waals surface area contributed by atoms with Crippen LogP contribution in [0.15, 0.2) is 29.5 Å². The molecule has 0 atom stereocenters. The van der Waals surface area contributed by atoms with Crippen molar-refractivity contribution in [2.45, 2.75) is 12.6 Å². The van der Waals surface area contributed by atoms with E-state index < -0.39 is 12.6 Å². The van der Waals surface area contributed by atoms with Crippen molar-refractivity contribution in [3.05, 3.63) is 24.5 Å². The van der Waals surface area contributed by atoms with Gasteiger partial charge in [-0.25, -0.2) is 0 Å². The van der Waals surface area contributed by atoms with Gasteiger partial charge in [-0.15, -0.1) is 24.0 Å². The molecule has 0 aliphatic heterocycles. The van der Waals surface area contributed by atoms with Crippen LogP contribution in [0.25, 0.3) is 0 Å². The minimum atomic E-state index is -4.23. The number of pyridine rings is 1. The first-order valence-electron chi connectivity index (χ1n) is 6.12. The lowest BCUT2D eigenvalue weighted by Gasteiger charge is -2.12. The highest BCUT2D eigenvalue weighted by atomic mass is 127. The molecule has 0 aliphatic rings. The van der Waals surface area contributed by atoms with Gasteiger partial charge in [0.1, 0.15) is 0 Å². The highest BCUT2D eigenvalue weighted by Gasteiger charge is 2.26. The number of nitrogens with zero attached hydrogens (tertiary/aromatic N) is 2. The Morgan fingerprint density at radius 3 is 2.64 bits per heavy atom. The maximum Gasteiger partial charge on any atom is 0.390 e. The van der Waals surface area contributed by atoms with E-state index in [1.807, 2.05) is 0 Å². The van der Waals surface area contributed by atoms with Gasteiger partial charge in [0, 0.05) is 19.8 Å². The molecule has 1 rings (SSSR count). The predicted octanol–water partition coefficient (Wildman–Crippen LogP) is 1.76. The molecule has 0 aliphatic carbocycles. The zero-order chi connectivity index (χ0) is 15.7. The number of guanidine groups is 1. The van der Waals surface area contributed by atoms with Crippen molar-refractivity contribution < 1.29 is 18.0 Å². The molecule has 124 valence electrons. The normalized spacial score (nSPS) is 11.4. The third-order valence-corrected chi connectivity index (χ3v) is 2.29. The smallest absolute Gasteiger partial charge is 0.356 e. The fourth-order valence-electron chi connectivity index (χ4n) is 1.35. The van der Waals surface area contributed by atoms with Crippen molar-refractivity contribution in [3.63, 3.8) is 0 Å². The van der Waals surface area contributed by atoms with E-state index in [0.717, 1.165) is 0 Å². The first-order valence-corrected chi connectivity index (χ1v) is 6.12. The lowest BCUT2D eigenvalue weighted by Crippen LogP contribution is -2.42. The number of aromatic nitrogens is 1. The number of anilines is 1. The molecule has 0 unspecified atom stereocenters. The Bertz CT molecular complexity index is 481. The Morgan fingerprint density at radius 1 is 1.36 bits per heavy atom. The number of hydrogen-bond acceptors (Lipinski definition) is 3. The summed E-state index contributed by atoms with van der Waals surface area (Å²) in [5.74, 6) is -0.234. The SMILES string of the molecule is CN=C(NCCC(F)(F)F)NCC(=O)Nc1cccnc1.I. The van der Waals surface area contributed by atoms with Crippen molar-refractivity contribution >= 4 is 41.5 Å². The molecular weight excluding hydrogens is 414 g/mol. The van der Waals surface area contributed by atoms with Crippen LogP contribution in [-0.2, 0) is 4.79 Å². The molecule has 0 aromatic carbocycles. The zero-order valence-electron chi connectivity index (χ0n) is 11.8. The summed E-state index contributed by atoms with van der Waals surface area (Å²) in [7, 11) is 1.40. The van der Waals surface area contributed by atoms with Crippen LogP contribution in [0.5, 0.6) is 0 Å². The lowest BCUT2D eigenvalue weighted by molar-refractivity contribution is -0.132. The number of nitrogens with one attached hydrogen (secondary N) is 3. The molecule has 0 radical (unpaired) electrons. The number of aliphatic imine (C=N–C) groups is 1. The van der Waals surface area contributed by atoms with E-state index in [4.69, 9.17) is 0 Å². The van der Waals surface area contributed by atoms with Crippen molar-refractivity contribution in [2.75, 3.05) is 25.5 Å². The first-order chi connectivity index (χ1) is 9.90. The van der Waals surface area contributed by atoms with Crippen molar-refractivity contribution in [1.29, 1.82) is 0 Å². The number of amides is 1. The monoisotopic (exact) mass is 431 g/mol. The molecule has 10 heteroatoms. The third-order valence-electron chi connectivity index (χ3n) is 2.29. The highest BCUT2D eigenvalue weighted by molar-refractivity contribution is 14.0. The van der Waals surface area contributed by atoms with Gasteiger partial charge in [0.2, 0.25) is 5.91 Å². The Hall–Kier alpha value is -1.59. The summed E-state index contributed by atoms with van der Waals surface area (Å²) in [6.07, 6.45) is -2.16. The minimum absolute atomic E-state index is 0. The Balaban J connectivity index is 0.00000441. The van der Waals surface area contributed by atoms with Crippen LogP contribution in [0.4, 0.5) is 18.9 Å². The molecule has 3 N–H and O–H groups in total. The fraction of sp³-hybridized carbons (Fsp3) is 0.417. The molecule has 0 saturated heterocycles. The molecule has 1 amide bonds. The van der Waals surface area contributed by atoms with Crippen LogP contribution in [0.1, 0.15) is 6.42 Å². The second-order valence-corrected chi connectivity index (χ2v) is 4.01. The highest BCUT2D eigenvalue weighted by Crippen LogP contribution is 2.17. The summed E-state index contributed by atoms with van der Waals surface area (Å²) in [4.78, 5) is 19.2. The average Bonchev–Trinajstić information content (AvgIpc) is 2.42. The van der Waals surface area contributed by atoms with E-state index in [0.29, 0.717) is 5.69 Å². The number of hydrogen-bond donors (Lipinski definition) is 3. The Morgan fingerprint density at radius 2 is 2.09 bits per heavy atom. The molecule has 1 heterocycles. The maximum absolute atomic E-state index is 12.0. The number of carbonyl (C=O) groups excluding carboxylic acids is 1. The summed E-state index contributed by atoms with van der Waals surface area (Å²) in [6, 6.07) is 3.34. The summed E-state index contributed by atoms with van der Waals surface area (Å²) < 4.78 is 36.0. The Labute approximate surface area is 143 Å². The van der Waals surface area contributed by atoms with Crippen molar-refractivity contribution in [3.8, 4) is 0 Å². The molecule has 0 fully saturated rings. The van der Waals surface area contributed by atoms with E-state index in [1.165, 1.54) is 13.2 Å². The summed E-state index contributed by atoms with van der Waals surface area (Å²) in [6.45, 7) is -0.437. The number of carbonyl (C=O) groups is 1. The fourth-order valence-corrected chi connectivity index (χ4v) is 1.35. The first kappa shape index (κ1) is 20.4. The van der Waals surface area contributed by atoms with Crippen LogP contribution in [0.3, 0.4) is 0 Å². The summed E-state index contributed by atoms with van der Waals surface area (Å²) >= 11 is 0. The van der Waals surface area contributed by atoms with Gasteiger partial charge in [-0.2, -0.15) is 13.2 Å². The zero-order valence-corrected chi connectivity index (χ0v) is 14.1. The van der Waals surface area contributed by atoms with E-state index >= 15 is 0 Å². The van der Waals surface area contributed by atoms with Gasteiger partial charge in [0.25, 0.3) is 0 Å². The molecule has 6 nitrogen and oxygen atoms in total. The van der Waals surface area contributed by atoms with Gasteiger partial charge in [-0.05, 0) is 12.1 Å². The average molecular weight is 431 g/mol. The van der Waals surface area contributed by atoms with Gasteiger partial charge in [-0.3, -0.25) is 14.8 Å². The molecule has 1 aromatic rings. The second-order valence-electron chi connectivity index (χ2n) is 4.01. The van der Waals surface area contributed by atoms with E-state index in [-0.39, 0.29) is 48.9 Å². The van der Waals surface area contributed by atoms with Crippen molar-refractivity contribution in [1.82, 2.24) is 15.6 Å². The van der Waals surface area contributed by atoms with Crippen LogP contribution in [0, 0.1) is 0 Å². The van der Waals surface area contributed by atoms with Gasteiger partial charge in [-0.1, -0.05) is 0 Å². The van der Waals surface area contributed by atoms with Crippen LogP contribution in [-0.4, -0.2) is 43.2 Å². The van der Waals surface area contributed by atoms with E-state index in [9.17, 15) is 18.0 Å². The quantitative estimate of drug-likeness (QED) is 0.377. The van der Waals surface area contributed by atoms with Crippen LogP contribution < -0.4 is 16.0 Å². The predicted molar refractivity (Wildman–Crippen MR) is 88.3 cm³/mol. The Kier molecular flexibility index (Phi) is 9.45. The molecular formula is C12H17F3IN5O. The van der Waals surface area contributed by atoms with E-state index in [1.54, 1.807) is 18.3 Å². The summed E-state index contributed by atoms with van der Waals surface area (Å²) in [5.41, 5.74) is 0.532. The largest absolute Gasteiger partial charge is 0.390 e. The van der Waals surface area contributed by atoms with E-state index in [2.05, 4.69) is 25.9 Å². The number of halogens is 4. The number of rotatable bonds is 5. The topological polar surface area (TPSA) is 78.4 Å². The third kappa shape index (κ3) is 9.37. The second kappa shape index (κ2) is 10.2. The van der Waals surface area contributed by atoms with Gasteiger partial charge >= 0.3 is 6.18 Å².